The van der Waals surface area contributed by atoms with Gasteiger partial charge in [-0.3, -0.25) is 9.59 Å². The van der Waals surface area contributed by atoms with E-state index in [9.17, 15) is 14.4 Å². The van der Waals surface area contributed by atoms with Crippen LogP contribution in [0, 0.1) is 5.92 Å². The molecule has 0 radical (unpaired) electrons. The molecule has 0 bridgehead atoms. The van der Waals surface area contributed by atoms with Crippen molar-refractivity contribution in [3.05, 3.63) is 28.8 Å². The summed E-state index contributed by atoms with van der Waals surface area (Å²) in [5.74, 6) is -1.23. The number of carbonyl (C=O) groups excluding carboxylic acids is 3. The summed E-state index contributed by atoms with van der Waals surface area (Å²) in [7, 11) is 1.29. The molecule has 0 saturated carbocycles. The first-order valence-electron chi connectivity index (χ1n) is 7.93. The maximum absolute atomic E-state index is 12.3. The van der Waals surface area contributed by atoms with Gasteiger partial charge in [0.15, 0.2) is 0 Å². The Bertz CT molecular complexity index is 647. The number of anilines is 1. The van der Waals surface area contributed by atoms with Crippen LogP contribution in [0.3, 0.4) is 0 Å². The molecule has 1 aromatic carbocycles. The quantitative estimate of drug-likeness (QED) is 0.630. The highest BCUT2D eigenvalue weighted by molar-refractivity contribution is 6.34. The van der Waals surface area contributed by atoms with Crippen LogP contribution in [0.2, 0.25) is 5.02 Å². The van der Waals surface area contributed by atoms with Gasteiger partial charge in [-0.15, -0.1) is 0 Å². The zero-order valence-electron chi connectivity index (χ0n) is 13.8. The van der Waals surface area contributed by atoms with E-state index < -0.39 is 11.9 Å². The van der Waals surface area contributed by atoms with E-state index in [4.69, 9.17) is 11.6 Å². The van der Waals surface area contributed by atoms with Gasteiger partial charge >= 0.3 is 5.97 Å². The summed E-state index contributed by atoms with van der Waals surface area (Å²) in [5.41, 5.74) is 0.731. The second kappa shape index (κ2) is 8.15. The number of rotatable bonds is 6. The Balaban J connectivity index is 2.14. The Hall–Kier alpha value is -2.08. The maximum atomic E-state index is 12.3. The first-order valence-corrected chi connectivity index (χ1v) is 8.31. The van der Waals surface area contributed by atoms with Gasteiger partial charge in [0.05, 0.1) is 29.3 Å². The van der Waals surface area contributed by atoms with Crippen molar-refractivity contribution in [3.8, 4) is 0 Å². The van der Waals surface area contributed by atoms with Crippen LogP contribution in [0.15, 0.2) is 18.2 Å². The summed E-state index contributed by atoms with van der Waals surface area (Å²) < 4.78 is 4.69. The Morgan fingerprint density at radius 1 is 1.42 bits per heavy atom. The summed E-state index contributed by atoms with van der Waals surface area (Å²) in [6, 6.07) is 4.60. The molecule has 1 aliphatic rings. The molecule has 130 valence electrons. The van der Waals surface area contributed by atoms with Crippen molar-refractivity contribution in [1.29, 1.82) is 0 Å². The molecule has 0 aliphatic carbocycles. The van der Waals surface area contributed by atoms with Gasteiger partial charge in [0.1, 0.15) is 0 Å². The summed E-state index contributed by atoms with van der Waals surface area (Å²) in [4.78, 5) is 37.6. The molecule has 1 saturated heterocycles. The zero-order chi connectivity index (χ0) is 17.7. The number of carbonyl (C=O) groups is 3. The molecule has 0 aromatic heterocycles. The molecule has 7 heteroatoms. The lowest BCUT2D eigenvalue weighted by molar-refractivity contribution is -0.126. The van der Waals surface area contributed by atoms with Crippen molar-refractivity contribution in [3.63, 3.8) is 0 Å². The maximum Gasteiger partial charge on any atom is 0.337 e. The van der Waals surface area contributed by atoms with Crippen LogP contribution in [0.4, 0.5) is 5.69 Å². The highest BCUT2D eigenvalue weighted by Gasteiger charge is 2.36. The van der Waals surface area contributed by atoms with Gasteiger partial charge in [0, 0.05) is 19.5 Å². The summed E-state index contributed by atoms with van der Waals surface area (Å²) in [6.45, 7) is 2.91. The lowest BCUT2D eigenvalue weighted by Crippen LogP contribution is -2.33. The van der Waals surface area contributed by atoms with Gasteiger partial charge < -0.3 is 15.0 Å². The summed E-state index contributed by atoms with van der Waals surface area (Å²) >= 11 is 6.17. The molecule has 1 heterocycles. The molecular formula is C17H21ClN2O4. The lowest BCUT2D eigenvalue weighted by atomic mass is 10.1. The third kappa shape index (κ3) is 4.06. The van der Waals surface area contributed by atoms with Gasteiger partial charge in [-0.2, -0.15) is 0 Å². The molecule has 6 nitrogen and oxygen atoms in total. The van der Waals surface area contributed by atoms with Gasteiger partial charge in [0.2, 0.25) is 11.8 Å². The Morgan fingerprint density at radius 2 is 2.17 bits per heavy atom. The largest absolute Gasteiger partial charge is 0.465 e. The van der Waals surface area contributed by atoms with E-state index in [0.29, 0.717) is 22.8 Å². The van der Waals surface area contributed by atoms with Gasteiger partial charge in [-0.1, -0.05) is 24.9 Å². The molecule has 24 heavy (non-hydrogen) atoms. The Kier molecular flexibility index (Phi) is 6.20. The number of hydrogen-bond donors (Lipinski definition) is 1. The standard InChI is InChI=1S/C17H21ClN2O4/c1-3-4-7-19-16(22)12-9-15(21)20(10-12)14-8-11(17(23)24-2)5-6-13(14)18/h5-6,8,12H,3-4,7,9-10H2,1-2H3,(H,19,22). The Morgan fingerprint density at radius 3 is 2.83 bits per heavy atom. The highest BCUT2D eigenvalue weighted by atomic mass is 35.5. The number of hydrogen-bond acceptors (Lipinski definition) is 4. The minimum Gasteiger partial charge on any atom is -0.465 e. The minimum absolute atomic E-state index is 0.125. The third-order valence-electron chi connectivity index (χ3n) is 3.98. The number of ether oxygens (including phenoxy) is 1. The average molecular weight is 353 g/mol. The SMILES string of the molecule is CCCCNC(=O)C1CC(=O)N(c2cc(C(=O)OC)ccc2Cl)C1. The predicted octanol–water partition coefficient (Wildman–Crippen LogP) is 2.40. The molecule has 1 atom stereocenters. The fourth-order valence-electron chi connectivity index (χ4n) is 2.61. The normalized spacial score (nSPS) is 17.0. The van der Waals surface area contributed by atoms with Crippen LogP contribution in [0.25, 0.3) is 0 Å². The van der Waals surface area contributed by atoms with Crippen molar-refractivity contribution in [2.45, 2.75) is 26.2 Å². The van der Waals surface area contributed by atoms with Crippen molar-refractivity contribution in [2.24, 2.45) is 5.92 Å². The molecular weight excluding hydrogens is 332 g/mol. The smallest absolute Gasteiger partial charge is 0.337 e. The van der Waals surface area contributed by atoms with E-state index in [1.165, 1.54) is 24.1 Å². The van der Waals surface area contributed by atoms with Crippen LogP contribution in [-0.2, 0) is 14.3 Å². The number of nitrogens with zero attached hydrogens (tertiary/aromatic N) is 1. The van der Waals surface area contributed by atoms with Crippen molar-refractivity contribution >= 4 is 35.1 Å². The van der Waals surface area contributed by atoms with Crippen LogP contribution in [0.1, 0.15) is 36.5 Å². The average Bonchev–Trinajstić information content (AvgIpc) is 2.96. The number of benzene rings is 1. The minimum atomic E-state index is -0.506. The third-order valence-corrected chi connectivity index (χ3v) is 4.30. The van der Waals surface area contributed by atoms with Gasteiger partial charge in [-0.05, 0) is 24.6 Å². The number of halogens is 1. The highest BCUT2D eigenvalue weighted by Crippen LogP contribution is 2.32. The van der Waals surface area contributed by atoms with E-state index in [1.54, 1.807) is 6.07 Å². The molecule has 1 fully saturated rings. The molecule has 2 rings (SSSR count). The first-order chi connectivity index (χ1) is 11.5. The number of esters is 1. The number of amides is 2. The molecule has 1 aromatic rings. The monoisotopic (exact) mass is 352 g/mol. The van der Waals surface area contributed by atoms with E-state index in [1.807, 2.05) is 6.92 Å². The Labute approximate surface area is 146 Å². The van der Waals surface area contributed by atoms with Crippen molar-refractivity contribution in [2.75, 3.05) is 25.1 Å². The van der Waals surface area contributed by atoms with Gasteiger partial charge in [0.25, 0.3) is 0 Å². The van der Waals surface area contributed by atoms with E-state index >= 15 is 0 Å². The van der Waals surface area contributed by atoms with Crippen LogP contribution < -0.4 is 10.2 Å². The topological polar surface area (TPSA) is 75.7 Å². The van der Waals surface area contributed by atoms with Crippen LogP contribution in [-0.4, -0.2) is 38.0 Å². The van der Waals surface area contributed by atoms with Crippen LogP contribution >= 0.6 is 11.6 Å². The fourth-order valence-corrected chi connectivity index (χ4v) is 2.83. The predicted molar refractivity (Wildman–Crippen MR) is 91.2 cm³/mol. The van der Waals surface area contributed by atoms with E-state index in [0.717, 1.165) is 12.8 Å². The number of methoxy groups -OCH3 is 1. The number of unbranched alkanes of at least 4 members (excludes halogenated alkanes) is 1. The number of nitrogens with one attached hydrogen (secondary N) is 1. The lowest BCUT2D eigenvalue weighted by Gasteiger charge is -2.19. The summed E-state index contributed by atoms with van der Waals surface area (Å²) in [6.07, 6.45) is 2.03. The molecule has 1 N–H and O–H groups in total. The fraction of sp³-hybridized carbons (Fsp3) is 0.471. The van der Waals surface area contributed by atoms with Crippen LogP contribution in [0.5, 0.6) is 0 Å². The molecule has 1 unspecified atom stereocenters. The second-order valence-electron chi connectivity index (χ2n) is 5.71. The first kappa shape index (κ1) is 18.3. The van der Waals surface area contributed by atoms with Crippen molar-refractivity contribution in [1.82, 2.24) is 5.32 Å². The molecule has 0 spiro atoms. The summed E-state index contributed by atoms with van der Waals surface area (Å²) in [5, 5.41) is 3.20. The van der Waals surface area contributed by atoms with E-state index in [-0.39, 0.29) is 24.8 Å². The van der Waals surface area contributed by atoms with Gasteiger partial charge in [-0.25, -0.2) is 4.79 Å². The van der Waals surface area contributed by atoms with E-state index in [2.05, 4.69) is 10.1 Å². The van der Waals surface area contributed by atoms with Crippen molar-refractivity contribution < 1.29 is 19.1 Å². The molecule has 1 aliphatic heterocycles. The molecule has 2 amide bonds. The zero-order valence-corrected chi connectivity index (χ0v) is 14.6. The second-order valence-corrected chi connectivity index (χ2v) is 6.11.